The van der Waals surface area contributed by atoms with Gasteiger partial charge in [-0.25, -0.2) is 13.1 Å². The van der Waals surface area contributed by atoms with Crippen LogP contribution in [-0.4, -0.2) is 32.7 Å². The van der Waals surface area contributed by atoms with Crippen LogP contribution >= 0.6 is 11.6 Å². The summed E-state index contributed by atoms with van der Waals surface area (Å²) < 4.78 is 32.3. The summed E-state index contributed by atoms with van der Waals surface area (Å²) in [6.07, 6.45) is 0.971. The van der Waals surface area contributed by atoms with Crippen LogP contribution in [0.5, 0.6) is 0 Å². The number of hydrogen-bond donors (Lipinski definition) is 2. The van der Waals surface area contributed by atoms with E-state index < -0.39 is 10.0 Å². The number of sulfonamides is 1. The number of aromatic nitrogens is 1. The van der Waals surface area contributed by atoms with Crippen LogP contribution in [0.25, 0.3) is 11.0 Å². The first-order valence-electron chi connectivity index (χ1n) is 6.74. The zero-order chi connectivity index (χ0) is 15.0. The summed E-state index contributed by atoms with van der Waals surface area (Å²) in [5.41, 5.74) is 0.466. The predicted octanol–water partition coefficient (Wildman–Crippen LogP) is 1.76. The third kappa shape index (κ3) is 3.06. The van der Waals surface area contributed by atoms with Gasteiger partial charge in [-0.1, -0.05) is 16.8 Å². The van der Waals surface area contributed by atoms with Crippen molar-refractivity contribution in [3.63, 3.8) is 0 Å². The number of nitrogens with zero attached hydrogens (tertiary/aromatic N) is 1. The van der Waals surface area contributed by atoms with Crippen molar-refractivity contribution in [2.45, 2.75) is 24.3 Å². The summed E-state index contributed by atoms with van der Waals surface area (Å²) in [6, 6.07) is 4.96. The fourth-order valence-corrected chi connectivity index (χ4v) is 3.88. The molecule has 0 aliphatic carbocycles. The monoisotopic (exact) mass is 329 g/mol. The van der Waals surface area contributed by atoms with Crippen LogP contribution in [0.2, 0.25) is 5.15 Å². The molecular weight excluding hydrogens is 314 g/mol. The maximum absolute atomic E-state index is 12.3. The molecule has 1 saturated heterocycles. The highest BCUT2D eigenvalue weighted by Crippen LogP contribution is 2.25. The summed E-state index contributed by atoms with van der Waals surface area (Å²) in [5, 5.41) is 7.56. The summed E-state index contributed by atoms with van der Waals surface area (Å²) in [7, 11) is -3.56. The molecule has 8 heteroatoms. The first-order valence-corrected chi connectivity index (χ1v) is 8.60. The Bertz CT molecular complexity index is 759. The van der Waals surface area contributed by atoms with Crippen molar-refractivity contribution < 1.29 is 12.9 Å². The lowest BCUT2D eigenvalue weighted by Gasteiger charge is -2.11. The largest absolute Gasteiger partial charge is 0.355 e. The Morgan fingerprint density at radius 3 is 3.05 bits per heavy atom. The molecule has 1 aliphatic rings. The molecule has 1 aromatic carbocycles. The molecule has 2 N–H and O–H groups in total. The fourth-order valence-electron chi connectivity index (χ4n) is 2.56. The summed E-state index contributed by atoms with van der Waals surface area (Å²) in [5.74, 6) is 0.317. The van der Waals surface area contributed by atoms with Crippen molar-refractivity contribution in [2.24, 2.45) is 5.92 Å². The zero-order valence-corrected chi connectivity index (χ0v) is 13.0. The summed E-state index contributed by atoms with van der Waals surface area (Å²) in [4.78, 5) is 0.166. The minimum Gasteiger partial charge on any atom is -0.355 e. The Kier molecular flexibility index (Phi) is 3.92. The number of hydrogen-bond acceptors (Lipinski definition) is 5. The zero-order valence-electron chi connectivity index (χ0n) is 11.5. The second-order valence-electron chi connectivity index (χ2n) is 5.39. The van der Waals surface area contributed by atoms with Crippen molar-refractivity contribution in [3.05, 3.63) is 23.4 Å². The number of nitrogens with one attached hydrogen (secondary N) is 2. The van der Waals surface area contributed by atoms with Crippen molar-refractivity contribution in [1.29, 1.82) is 0 Å². The van der Waals surface area contributed by atoms with Gasteiger partial charge in [0.05, 0.1) is 10.3 Å². The van der Waals surface area contributed by atoms with E-state index in [2.05, 4.69) is 22.1 Å². The molecule has 0 bridgehead atoms. The maximum Gasteiger partial charge on any atom is 0.240 e. The van der Waals surface area contributed by atoms with Crippen LogP contribution in [0.4, 0.5) is 0 Å². The lowest BCUT2D eigenvalue weighted by molar-refractivity contribution is 0.457. The predicted molar refractivity (Wildman–Crippen MR) is 79.8 cm³/mol. The normalized spacial score (nSPS) is 23.0. The second kappa shape index (κ2) is 5.57. The van der Waals surface area contributed by atoms with Crippen LogP contribution in [0, 0.1) is 5.92 Å². The van der Waals surface area contributed by atoms with E-state index in [4.69, 9.17) is 16.1 Å². The van der Waals surface area contributed by atoms with E-state index in [9.17, 15) is 8.42 Å². The Hall–Kier alpha value is -1.15. The second-order valence-corrected chi connectivity index (χ2v) is 7.52. The smallest absolute Gasteiger partial charge is 0.240 e. The van der Waals surface area contributed by atoms with Gasteiger partial charge in [-0.2, -0.15) is 0 Å². The van der Waals surface area contributed by atoms with E-state index in [1.807, 2.05) is 0 Å². The quantitative estimate of drug-likeness (QED) is 0.893. The molecule has 1 aromatic heterocycles. The Balaban J connectivity index is 1.77. The van der Waals surface area contributed by atoms with Crippen LogP contribution in [0.3, 0.4) is 0 Å². The van der Waals surface area contributed by atoms with E-state index in [0.29, 0.717) is 29.5 Å². The van der Waals surface area contributed by atoms with Crippen LogP contribution in [0.1, 0.15) is 13.3 Å². The van der Waals surface area contributed by atoms with Gasteiger partial charge < -0.3 is 9.84 Å². The van der Waals surface area contributed by atoms with E-state index >= 15 is 0 Å². The van der Waals surface area contributed by atoms with Gasteiger partial charge in [0.1, 0.15) is 0 Å². The van der Waals surface area contributed by atoms with Gasteiger partial charge in [0.25, 0.3) is 0 Å². The molecule has 114 valence electrons. The van der Waals surface area contributed by atoms with Crippen LogP contribution < -0.4 is 10.0 Å². The van der Waals surface area contributed by atoms with Gasteiger partial charge in [-0.15, -0.1) is 0 Å². The minimum absolute atomic E-state index is 0.163. The number of benzene rings is 1. The molecule has 2 unspecified atom stereocenters. The van der Waals surface area contributed by atoms with Crippen molar-refractivity contribution in [1.82, 2.24) is 15.2 Å². The average molecular weight is 330 g/mol. The lowest BCUT2D eigenvalue weighted by Crippen LogP contribution is -2.30. The molecule has 1 fully saturated rings. The average Bonchev–Trinajstić information content (AvgIpc) is 3.03. The molecular formula is C13H16ClN3O3S. The Morgan fingerprint density at radius 1 is 1.52 bits per heavy atom. The van der Waals surface area contributed by atoms with Crippen molar-refractivity contribution in [2.75, 3.05) is 13.1 Å². The third-order valence-electron chi connectivity index (χ3n) is 3.71. The SMILES string of the molecule is CC1CC(CNS(=O)(=O)c2ccc3onc(Cl)c3c2)CN1. The third-order valence-corrected chi connectivity index (χ3v) is 5.41. The van der Waals surface area contributed by atoms with Gasteiger partial charge in [0, 0.05) is 12.6 Å². The van der Waals surface area contributed by atoms with Crippen LogP contribution in [-0.2, 0) is 10.0 Å². The number of halogens is 1. The molecule has 2 aromatic rings. The molecule has 3 rings (SSSR count). The number of fused-ring (bicyclic) bond motifs is 1. The van der Waals surface area contributed by atoms with E-state index in [-0.39, 0.29) is 10.0 Å². The van der Waals surface area contributed by atoms with Crippen molar-refractivity contribution in [3.8, 4) is 0 Å². The molecule has 2 heterocycles. The highest BCUT2D eigenvalue weighted by Gasteiger charge is 2.23. The summed E-state index contributed by atoms with van der Waals surface area (Å²) >= 11 is 5.86. The molecule has 0 spiro atoms. The van der Waals surface area contributed by atoms with Gasteiger partial charge >= 0.3 is 0 Å². The molecule has 0 radical (unpaired) electrons. The highest BCUT2D eigenvalue weighted by molar-refractivity contribution is 7.89. The first-order chi connectivity index (χ1) is 9.95. The Morgan fingerprint density at radius 2 is 2.33 bits per heavy atom. The molecule has 0 amide bonds. The molecule has 6 nitrogen and oxygen atoms in total. The van der Waals surface area contributed by atoms with Gasteiger partial charge in [-0.05, 0) is 44.0 Å². The highest BCUT2D eigenvalue weighted by atomic mass is 35.5. The lowest BCUT2D eigenvalue weighted by atomic mass is 10.1. The number of rotatable bonds is 4. The van der Waals surface area contributed by atoms with E-state index in [1.54, 1.807) is 6.07 Å². The fraction of sp³-hybridized carbons (Fsp3) is 0.462. The molecule has 1 aliphatic heterocycles. The minimum atomic E-state index is -3.56. The molecule has 0 saturated carbocycles. The van der Waals surface area contributed by atoms with Gasteiger partial charge in [0.15, 0.2) is 10.7 Å². The topological polar surface area (TPSA) is 84.2 Å². The Labute approximate surface area is 127 Å². The first kappa shape index (κ1) is 14.8. The van der Waals surface area contributed by atoms with Gasteiger partial charge in [-0.3, -0.25) is 0 Å². The van der Waals surface area contributed by atoms with Crippen LogP contribution in [0.15, 0.2) is 27.6 Å². The molecule has 2 atom stereocenters. The van der Waals surface area contributed by atoms with E-state index in [0.717, 1.165) is 13.0 Å². The van der Waals surface area contributed by atoms with E-state index in [1.165, 1.54) is 12.1 Å². The summed E-state index contributed by atoms with van der Waals surface area (Å²) in [6.45, 7) is 3.35. The molecule has 21 heavy (non-hydrogen) atoms. The standard InChI is InChI=1S/C13H16ClN3O3S/c1-8-4-9(6-15-8)7-16-21(18,19)10-2-3-12-11(5-10)13(14)17-20-12/h2-3,5,8-9,15-16H,4,6-7H2,1H3. The van der Waals surface area contributed by atoms with Gasteiger partial charge in [0.2, 0.25) is 10.0 Å². The van der Waals surface area contributed by atoms with Crippen molar-refractivity contribution >= 4 is 32.6 Å². The maximum atomic E-state index is 12.3.